The molecule has 0 aromatic rings. The molecule has 0 heterocycles. The minimum Gasteiger partial charge on any atom is -0.462 e. The Morgan fingerprint density at radius 3 is 0.800 bits per heavy atom. The summed E-state index contributed by atoms with van der Waals surface area (Å²) in [4.78, 5) is 72.9. The highest BCUT2D eigenvalue weighted by atomic mass is 31.2. The summed E-state index contributed by atoms with van der Waals surface area (Å²) in [5, 5.41) is 10.6. The van der Waals surface area contributed by atoms with E-state index < -0.39 is 97.5 Å². The van der Waals surface area contributed by atoms with Gasteiger partial charge in [-0.05, 0) is 43.4 Å². The highest BCUT2D eigenvalue weighted by Crippen LogP contribution is 2.45. The second kappa shape index (κ2) is 66.6. The van der Waals surface area contributed by atoms with Gasteiger partial charge < -0.3 is 33.8 Å². The fourth-order valence-corrected chi connectivity index (χ4v) is 13.1. The van der Waals surface area contributed by atoms with Gasteiger partial charge in [0.15, 0.2) is 12.2 Å². The molecular weight excluding hydrogens is 1250 g/mol. The van der Waals surface area contributed by atoms with Crippen LogP contribution in [0.15, 0.2) is 0 Å². The van der Waals surface area contributed by atoms with Crippen LogP contribution in [0.3, 0.4) is 0 Å². The summed E-state index contributed by atoms with van der Waals surface area (Å²) in [6.07, 6.45) is 52.4. The monoisotopic (exact) mass is 1400 g/mol. The molecule has 0 fully saturated rings. The normalized spacial score (nSPS) is 14.6. The van der Waals surface area contributed by atoms with Gasteiger partial charge in [-0.2, -0.15) is 0 Å². The van der Waals surface area contributed by atoms with Gasteiger partial charge >= 0.3 is 39.5 Å². The lowest BCUT2D eigenvalue weighted by Crippen LogP contribution is -2.30. The number of aliphatic hydroxyl groups excluding tert-OH is 1. The first-order valence-electron chi connectivity index (χ1n) is 39.4. The van der Waals surface area contributed by atoms with Crippen molar-refractivity contribution < 1.29 is 80.2 Å². The molecule has 564 valence electrons. The van der Waals surface area contributed by atoms with Crippen LogP contribution < -0.4 is 0 Å². The summed E-state index contributed by atoms with van der Waals surface area (Å²) in [6, 6.07) is 0. The lowest BCUT2D eigenvalue weighted by molar-refractivity contribution is -0.161. The summed E-state index contributed by atoms with van der Waals surface area (Å²) >= 11 is 0. The zero-order chi connectivity index (χ0) is 70.1. The van der Waals surface area contributed by atoms with Gasteiger partial charge in [-0.3, -0.25) is 37.3 Å². The van der Waals surface area contributed by atoms with Gasteiger partial charge in [-0.25, -0.2) is 9.13 Å². The summed E-state index contributed by atoms with van der Waals surface area (Å²) in [5.74, 6) is 0.255. The molecule has 0 saturated carbocycles. The zero-order valence-corrected chi connectivity index (χ0v) is 63.9. The first-order chi connectivity index (χ1) is 45.8. The van der Waals surface area contributed by atoms with Crippen LogP contribution in [-0.2, 0) is 65.4 Å². The minimum atomic E-state index is -4.96. The van der Waals surface area contributed by atoms with Crippen molar-refractivity contribution in [1.82, 2.24) is 0 Å². The second-order valence-electron chi connectivity index (χ2n) is 28.4. The SMILES string of the molecule is CCCCCCCCCCCCCCCCC(=O)O[C@H](COC(=O)CCCCCCCCCCCCC(C)C)COP(=O)(O)OC[C@H](O)COP(=O)(O)OC[C@@H](COC(=O)CCCCCCCCCCCCC(C)CC)OC(=O)CCCCCCCCCCCCC(C)CC. The Labute approximate surface area is 581 Å². The predicted octanol–water partition coefficient (Wildman–Crippen LogP) is 22.2. The number of hydrogen-bond acceptors (Lipinski definition) is 15. The molecule has 0 aromatic carbocycles. The number of carbonyl (C=O) groups excluding carboxylic acids is 4. The third-order valence-corrected chi connectivity index (χ3v) is 20.3. The Morgan fingerprint density at radius 1 is 0.305 bits per heavy atom. The average Bonchev–Trinajstić information content (AvgIpc) is 1.61. The average molecular weight is 1400 g/mol. The number of hydrogen-bond donors (Lipinski definition) is 3. The predicted molar refractivity (Wildman–Crippen MR) is 386 cm³/mol. The van der Waals surface area contributed by atoms with E-state index in [1.54, 1.807) is 0 Å². The van der Waals surface area contributed by atoms with Gasteiger partial charge in [0, 0.05) is 25.7 Å². The summed E-state index contributed by atoms with van der Waals surface area (Å²) < 4.78 is 68.6. The van der Waals surface area contributed by atoms with Gasteiger partial charge in [0.05, 0.1) is 26.4 Å². The largest absolute Gasteiger partial charge is 0.472 e. The van der Waals surface area contributed by atoms with Crippen molar-refractivity contribution in [2.75, 3.05) is 39.6 Å². The van der Waals surface area contributed by atoms with Crippen molar-refractivity contribution in [2.45, 2.75) is 407 Å². The van der Waals surface area contributed by atoms with Crippen LogP contribution in [0.2, 0.25) is 0 Å². The van der Waals surface area contributed by atoms with Gasteiger partial charge in [0.1, 0.15) is 19.3 Å². The lowest BCUT2D eigenvalue weighted by Gasteiger charge is -2.21. The van der Waals surface area contributed by atoms with Crippen molar-refractivity contribution in [1.29, 1.82) is 0 Å². The number of aliphatic hydroxyl groups is 1. The van der Waals surface area contributed by atoms with Crippen molar-refractivity contribution in [2.24, 2.45) is 17.8 Å². The fraction of sp³-hybridized carbons (Fsp3) is 0.947. The highest BCUT2D eigenvalue weighted by molar-refractivity contribution is 7.47. The molecule has 0 spiro atoms. The maximum atomic E-state index is 13.1. The maximum Gasteiger partial charge on any atom is 0.472 e. The maximum absolute atomic E-state index is 13.1. The Hall–Kier alpha value is -1.94. The van der Waals surface area contributed by atoms with E-state index in [0.717, 1.165) is 108 Å². The molecule has 0 rings (SSSR count). The molecule has 0 aromatic heterocycles. The van der Waals surface area contributed by atoms with Gasteiger partial charge in [0.2, 0.25) is 0 Å². The first-order valence-corrected chi connectivity index (χ1v) is 42.4. The molecule has 3 N–H and O–H groups in total. The molecule has 0 amide bonds. The van der Waals surface area contributed by atoms with E-state index in [0.29, 0.717) is 25.7 Å². The molecule has 0 bridgehead atoms. The number of ether oxygens (including phenoxy) is 4. The number of carbonyl (C=O) groups is 4. The molecule has 7 atom stereocenters. The number of esters is 4. The fourth-order valence-electron chi connectivity index (χ4n) is 11.5. The van der Waals surface area contributed by atoms with E-state index in [1.807, 2.05) is 0 Å². The molecule has 0 aliphatic carbocycles. The van der Waals surface area contributed by atoms with Crippen LogP contribution in [0.4, 0.5) is 0 Å². The quantitative estimate of drug-likeness (QED) is 0.0222. The third-order valence-electron chi connectivity index (χ3n) is 18.4. The smallest absolute Gasteiger partial charge is 0.462 e. The Bertz CT molecular complexity index is 1860. The Balaban J connectivity index is 5.28. The lowest BCUT2D eigenvalue weighted by atomic mass is 9.99. The van der Waals surface area contributed by atoms with E-state index in [1.165, 1.54) is 199 Å². The molecular formula is C76H148O17P2. The molecule has 95 heavy (non-hydrogen) atoms. The Kier molecular flexibility index (Phi) is 65.2. The molecule has 19 heteroatoms. The molecule has 0 aliphatic heterocycles. The van der Waals surface area contributed by atoms with Gasteiger partial charge in [-0.1, -0.05) is 337 Å². The van der Waals surface area contributed by atoms with Crippen molar-refractivity contribution in [3.8, 4) is 0 Å². The zero-order valence-electron chi connectivity index (χ0n) is 62.1. The molecule has 4 unspecified atom stereocenters. The van der Waals surface area contributed by atoms with Crippen LogP contribution in [0, 0.1) is 17.8 Å². The van der Waals surface area contributed by atoms with E-state index in [2.05, 4.69) is 48.5 Å². The second-order valence-corrected chi connectivity index (χ2v) is 31.3. The molecule has 17 nitrogen and oxygen atoms in total. The molecule has 0 radical (unpaired) electrons. The van der Waals surface area contributed by atoms with E-state index >= 15 is 0 Å². The number of unbranched alkanes of at least 4 members (excludes halogenated alkanes) is 40. The highest BCUT2D eigenvalue weighted by Gasteiger charge is 2.30. The summed E-state index contributed by atoms with van der Waals surface area (Å²) in [7, 11) is -9.91. The van der Waals surface area contributed by atoms with Crippen molar-refractivity contribution >= 4 is 39.5 Å². The van der Waals surface area contributed by atoms with Crippen molar-refractivity contribution in [3.05, 3.63) is 0 Å². The van der Waals surface area contributed by atoms with Crippen molar-refractivity contribution in [3.63, 3.8) is 0 Å². The van der Waals surface area contributed by atoms with Gasteiger partial charge in [0.25, 0.3) is 0 Å². The number of rotatable bonds is 74. The number of phosphoric ester groups is 2. The third kappa shape index (κ3) is 67.6. The van der Waals surface area contributed by atoms with E-state index in [9.17, 15) is 43.2 Å². The summed E-state index contributed by atoms with van der Waals surface area (Å²) in [6.45, 7) is 12.0. The van der Waals surface area contributed by atoms with Crippen LogP contribution >= 0.6 is 15.6 Å². The van der Waals surface area contributed by atoms with Crippen LogP contribution in [0.25, 0.3) is 0 Å². The Morgan fingerprint density at radius 2 is 0.537 bits per heavy atom. The van der Waals surface area contributed by atoms with Crippen LogP contribution in [-0.4, -0.2) is 96.7 Å². The summed E-state index contributed by atoms with van der Waals surface area (Å²) in [5.41, 5.74) is 0. The molecule has 0 aliphatic rings. The van der Waals surface area contributed by atoms with E-state index in [-0.39, 0.29) is 25.7 Å². The van der Waals surface area contributed by atoms with Crippen LogP contribution in [0.1, 0.15) is 389 Å². The van der Waals surface area contributed by atoms with Crippen LogP contribution in [0.5, 0.6) is 0 Å². The standard InChI is InChI=1S/C76H148O17P2/c1-8-11-12-13-14-15-16-17-18-19-31-38-45-52-59-75(80)92-71(63-86-73(78)57-50-43-36-29-23-20-26-33-40-47-54-67(4)5)65-90-94(82,83)88-61-70(77)62-89-95(84,85)91-66-72(93-76(81)60-53-46-39-32-25-22-28-35-42-49-56-69(7)10-3)64-87-74(79)58-51-44-37-30-24-21-27-34-41-48-55-68(6)9-2/h67-72,77H,8-66H2,1-7H3,(H,82,83)(H,84,85)/t68?,69?,70-,71+,72+/m0/s1. The van der Waals surface area contributed by atoms with Gasteiger partial charge in [-0.15, -0.1) is 0 Å². The number of phosphoric acid groups is 2. The minimum absolute atomic E-state index is 0.106. The molecule has 0 saturated heterocycles. The van der Waals surface area contributed by atoms with E-state index in [4.69, 9.17) is 37.0 Å². The topological polar surface area (TPSA) is 237 Å². The first kappa shape index (κ1) is 93.1.